The molecule has 99 heavy (non-hydrogen) atoms. The van der Waals surface area contributed by atoms with E-state index in [0.717, 1.165) is 142 Å². The third-order valence-electron chi connectivity index (χ3n) is 25.5. The van der Waals surface area contributed by atoms with Crippen LogP contribution in [-0.2, 0) is 38.7 Å². The molecule has 0 aromatic heterocycles. The van der Waals surface area contributed by atoms with Gasteiger partial charge in [0.15, 0.2) is 19.7 Å². The van der Waals surface area contributed by atoms with Crippen LogP contribution < -0.4 is 5.32 Å². The van der Waals surface area contributed by atoms with Gasteiger partial charge in [0.05, 0.1) is 22.0 Å². The molecule has 0 aromatic carbocycles. The molecule has 14 saturated heterocycles. The first-order valence-electron chi connectivity index (χ1n) is 38.6. The fourth-order valence-electron chi connectivity index (χ4n) is 19.2. The van der Waals surface area contributed by atoms with E-state index in [9.17, 15) is 25.3 Å². The second kappa shape index (κ2) is 39.6. The largest absolute Gasteiger partial charge is 0.309 e. The summed E-state index contributed by atoms with van der Waals surface area (Å²) in [5.74, 6) is 15.8. The van der Waals surface area contributed by atoms with Gasteiger partial charge >= 0.3 is 0 Å². The van der Waals surface area contributed by atoms with Gasteiger partial charge in [-0.05, 0) is 303 Å². The lowest BCUT2D eigenvalue weighted by Crippen LogP contribution is -2.74. The monoisotopic (exact) mass is 1480 g/mol. The fourth-order valence-corrected chi connectivity index (χ4v) is 27.7. The van der Waals surface area contributed by atoms with Crippen molar-refractivity contribution in [3.8, 4) is 0 Å². The second-order valence-corrected chi connectivity index (χ2v) is 45.8. The Morgan fingerprint density at radius 1 is 0.374 bits per heavy atom. The zero-order valence-corrected chi connectivity index (χ0v) is 67.7. The lowest BCUT2D eigenvalue weighted by Gasteiger charge is -2.55. The quantitative estimate of drug-likeness (QED) is 0.262. The van der Waals surface area contributed by atoms with E-state index in [1.165, 1.54) is 188 Å². The smallest absolute Gasteiger partial charge is 0.157 e. The Hall–Kier alpha value is -0.500. The molecule has 16 aliphatic rings. The van der Waals surface area contributed by atoms with Crippen molar-refractivity contribution in [3.05, 3.63) is 0 Å². The highest BCUT2D eigenvalue weighted by Crippen LogP contribution is 2.49. The summed E-state index contributed by atoms with van der Waals surface area (Å²) in [6.07, 6.45) is 28.0. The summed E-state index contributed by atoms with van der Waals surface area (Å²) in [6.45, 7) is 34.2. The van der Waals surface area contributed by atoms with Gasteiger partial charge in [-0.1, -0.05) is 75.7 Å². The third kappa shape index (κ3) is 28.2. The molecular weight excluding hydrogens is 1320 g/mol. The van der Waals surface area contributed by atoms with E-state index in [-0.39, 0.29) is 32.4 Å². The molecular formula is C78H161N11O6S4. The normalized spacial score (nSPS) is 32.8. The standard InChI is InChI=1S/2C9H17N.2C8H15NO2S.2C8H17N.C7H13NOS.C6H12N2.C6H13NOS.C6H13N.3CH4/c1-10-7-3-6-9(8-10)4-2-5-9;1-10-7-5-9(6-8-10)3-2-4-9;1-9-4-2-8(6-9)3-5-12(10,11)7-8;1-9-5-4-8(7-9)3-2-6-12(8,10)11;1-7-4-8(2)6-9(3)5-7;1-3-8-4-6-9(2)7-5-8;1-8-3-7(4-8)5-10(2,9)6-7;1-8-4-6(5-8)2-3-7-6;1-7-3-5-9(2,8)6-4-7;1-3-6-4-7(2)5-6;;;/h2*2-8H2,1H3;2*2-7H2,1H3;7-8H,4-6H2,1-3H3;8H,3-7H2,1-2H3;2-6H2,1H3;7H,2-5H2,1H3;2-6H2,1H3;6H,3-5H2,1-2H3;3*1H4. The van der Waals surface area contributed by atoms with Gasteiger partial charge in [-0.2, -0.15) is 0 Å². The van der Waals surface area contributed by atoms with Crippen molar-refractivity contribution in [2.45, 2.75) is 195 Å². The molecule has 0 bridgehead atoms. The zero-order valence-electron chi connectivity index (χ0n) is 64.4. The van der Waals surface area contributed by atoms with Crippen LogP contribution in [-0.4, -0.2) is 344 Å². The number of nitrogens with zero attached hydrogens (tertiary/aromatic N) is 10. The fraction of sp³-hybridized carbons (Fsp3) is 0.974. The van der Waals surface area contributed by atoms with Gasteiger partial charge in [-0.25, -0.2) is 16.8 Å². The van der Waals surface area contributed by atoms with Crippen LogP contribution in [0.15, 0.2) is 0 Å². The summed E-state index contributed by atoms with van der Waals surface area (Å²) < 4.78 is 68.1. The van der Waals surface area contributed by atoms with E-state index >= 15 is 0 Å². The highest BCUT2D eigenvalue weighted by atomic mass is 32.2. The Kier molecular flexibility index (Phi) is 36.3. The molecule has 16 fully saturated rings. The van der Waals surface area contributed by atoms with Crippen molar-refractivity contribution in [2.24, 2.45) is 45.3 Å². The highest BCUT2D eigenvalue weighted by molar-refractivity contribution is 8.01. The Morgan fingerprint density at radius 2 is 0.818 bits per heavy atom. The predicted molar refractivity (Wildman–Crippen MR) is 434 cm³/mol. The molecule has 4 unspecified atom stereocenters. The first kappa shape index (κ1) is 90.9. The Labute approximate surface area is 614 Å². The van der Waals surface area contributed by atoms with E-state index in [1.54, 1.807) is 0 Å². The third-order valence-corrected chi connectivity index (χ3v) is 34.2. The molecule has 2 saturated carbocycles. The maximum atomic E-state index is 11.7. The van der Waals surface area contributed by atoms with Crippen LogP contribution in [0, 0.1) is 45.3 Å². The maximum absolute atomic E-state index is 11.7. The van der Waals surface area contributed by atoms with Gasteiger partial charge in [-0.3, -0.25) is 8.42 Å². The van der Waals surface area contributed by atoms with Crippen LogP contribution >= 0.6 is 0 Å². The Morgan fingerprint density at radius 3 is 1.15 bits per heavy atom. The van der Waals surface area contributed by atoms with Crippen LogP contribution in [0.4, 0.5) is 0 Å². The summed E-state index contributed by atoms with van der Waals surface area (Å²) in [4.78, 5) is 23.4. The molecule has 4 atom stereocenters. The number of hydrogen-bond acceptors (Lipinski definition) is 17. The van der Waals surface area contributed by atoms with Crippen LogP contribution in [0.3, 0.4) is 0 Å². The lowest BCUT2D eigenvalue weighted by molar-refractivity contribution is 0.0136. The van der Waals surface area contributed by atoms with Crippen LogP contribution in [0.5, 0.6) is 0 Å². The highest BCUT2D eigenvalue weighted by Gasteiger charge is 2.53. The molecule has 0 aromatic rings. The summed E-state index contributed by atoms with van der Waals surface area (Å²) in [5, 5.41) is 3.45. The van der Waals surface area contributed by atoms with E-state index in [4.69, 9.17) is 0 Å². The van der Waals surface area contributed by atoms with Gasteiger partial charge in [0.25, 0.3) is 0 Å². The van der Waals surface area contributed by atoms with Gasteiger partial charge < -0.3 is 54.3 Å². The molecule has 14 heterocycles. The van der Waals surface area contributed by atoms with Crippen molar-refractivity contribution in [2.75, 3.05) is 248 Å². The topological polar surface area (TPSA) is 147 Å². The zero-order chi connectivity index (χ0) is 70.4. The first-order valence-corrected chi connectivity index (χ1v) is 46.2. The first-order chi connectivity index (χ1) is 44.9. The molecule has 0 amide bonds. The molecule has 1 N–H and O–H groups in total. The summed E-state index contributed by atoms with van der Waals surface area (Å²) in [5.41, 5.74) is 2.80. The van der Waals surface area contributed by atoms with E-state index in [0.29, 0.717) is 28.2 Å². The van der Waals surface area contributed by atoms with Gasteiger partial charge in [0, 0.05) is 119 Å². The van der Waals surface area contributed by atoms with Gasteiger partial charge in [-0.15, -0.1) is 0 Å². The lowest BCUT2D eigenvalue weighted by atomic mass is 9.63. The maximum Gasteiger partial charge on any atom is 0.157 e. The molecule has 21 heteroatoms. The number of piperidine rings is 4. The molecule has 6 spiro atoms. The van der Waals surface area contributed by atoms with Crippen molar-refractivity contribution in [1.82, 2.24) is 54.3 Å². The van der Waals surface area contributed by atoms with Crippen LogP contribution in [0.1, 0.15) is 185 Å². The number of nitrogens with one attached hydrogen (secondary N) is 1. The molecule has 2 aliphatic carbocycles. The van der Waals surface area contributed by atoms with Gasteiger partial charge in [0.2, 0.25) is 0 Å². The number of likely N-dealkylation sites (tertiary alicyclic amines) is 9. The summed E-state index contributed by atoms with van der Waals surface area (Å²) >= 11 is 0. The minimum Gasteiger partial charge on any atom is -0.309 e. The second-order valence-electron chi connectivity index (χ2n) is 35.8. The molecule has 17 nitrogen and oxygen atoms in total. The van der Waals surface area contributed by atoms with E-state index < -0.39 is 38.7 Å². The average molecular weight is 1480 g/mol. The number of rotatable bonds is 2. The van der Waals surface area contributed by atoms with E-state index in [1.807, 2.05) is 7.05 Å². The SMILES string of the molecule is C.C.C.C=S1(=O)CC2(CN(C)C2)C1.C=S1(=O)CCN(C)CC1.CC1CC(C)CN(C)C1.CCC1CCN(C)CC1.CCC1CN(C)C1.CN1CC2(CCN2)C1.CN1CCC2(CCC2)CC1.CN1CCC2(CCCS2(=O)=O)C1.CN1CCC2(CCS(=O)(=O)C2)C1.CN1CCCC2(CCC2)C1. The van der Waals surface area contributed by atoms with Crippen LogP contribution in [0.2, 0.25) is 0 Å². The summed E-state index contributed by atoms with van der Waals surface area (Å²) in [7, 11) is 12.8. The summed E-state index contributed by atoms with van der Waals surface area (Å²) in [6, 6.07) is 0. The minimum atomic E-state index is -2.76. The minimum absolute atomic E-state index is 0. The van der Waals surface area contributed by atoms with Crippen molar-refractivity contribution in [3.63, 3.8) is 0 Å². The molecule has 588 valence electrons. The number of likely N-dealkylation sites (N-methyl/N-ethyl adjacent to an activating group) is 1. The Balaban J connectivity index is 0.000000234. The predicted octanol–water partition coefficient (Wildman–Crippen LogP) is 9.32. The van der Waals surface area contributed by atoms with Crippen molar-refractivity contribution in [1.29, 1.82) is 0 Å². The van der Waals surface area contributed by atoms with Gasteiger partial charge in [0.1, 0.15) is 0 Å². The molecule has 14 aliphatic heterocycles. The number of sulfone groups is 2. The number of hydrogen-bond donors (Lipinski definition) is 1. The molecule has 16 rings (SSSR count). The van der Waals surface area contributed by atoms with Crippen molar-refractivity contribution < 1.29 is 25.3 Å². The average Bonchev–Trinajstić information content (AvgIpc) is 1.57. The van der Waals surface area contributed by atoms with Crippen LogP contribution in [0.25, 0.3) is 0 Å². The van der Waals surface area contributed by atoms with E-state index in [2.05, 4.69) is 157 Å². The molecule has 0 radical (unpaired) electrons. The van der Waals surface area contributed by atoms with Crippen molar-refractivity contribution >= 4 is 50.5 Å². The Bertz CT molecular complexity index is 2730.